The zero-order valence-electron chi connectivity index (χ0n) is 12.0. The van der Waals surface area contributed by atoms with E-state index in [0.29, 0.717) is 5.11 Å². The summed E-state index contributed by atoms with van der Waals surface area (Å²) in [5.41, 5.74) is 4.34. The molecule has 0 saturated carbocycles. The monoisotopic (exact) mass is 419 g/mol. The van der Waals surface area contributed by atoms with Crippen molar-refractivity contribution >= 4 is 49.4 Å². The molecular formula is C14H14Cl2CuN4OS. The first-order valence-corrected chi connectivity index (χ1v) is 9.16. The van der Waals surface area contributed by atoms with Crippen LogP contribution < -0.4 is 15.5 Å². The van der Waals surface area contributed by atoms with E-state index in [4.69, 9.17) is 17.0 Å². The van der Waals surface area contributed by atoms with E-state index in [-0.39, 0.29) is 0 Å². The fourth-order valence-electron chi connectivity index (χ4n) is 1.44. The van der Waals surface area contributed by atoms with Gasteiger partial charge in [0.05, 0.1) is 19.0 Å². The number of ether oxygens (including phenoxy) is 1. The average Bonchev–Trinajstić information content (AvgIpc) is 2.57. The van der Waals surface area contributed by atoms with Gasteiger partial charge < -0.3 is 10.1 Å². The van der Waals surface area contributed by atoms with Crippen molar-refractivity contribution in [2.75, 3.05) is 12.4 Å². The van der Waals surface area contributed by atoms with Gasteiger partial charge in [0.15, 0.2) is 5.11 Å². The molecule has 23 heavy (non-hydrogen) atoms. The van der Waals surface area contributed by atoms with Gasteiger partial charge in [-0.05, 0) is 48.6 Å². The molecule has 0 aliphatic heterocycles. The molecule has 0 atom stereocenters. The fourth-order valence-corrected chi connectivity index (χ4v) is 1.61. The number of aromatic nitrogens is 1. The Labute approximate surface area is 155 Å². The van der Waals surface area contributed by atoms with E-state index in [2.05, 4.69) is 41.0 Å². The number of thiocarbonyl (C=S) groups is 1. The first-order chi connectivity index (χ1) is 11.2. The third-order valence-electron chi connectivity index (χ3n) is 2.40. The number of nitrogens with zero attached hydrogens (tertiary/aromatic N) is 2. The average molecular weight is 421 g/mol. The predicted molar refractivity (Wildman–Crippen MR) is 95.9 cm³/mol. The fraction of sp³-hybridized carbons (Fsp3) is 0.0714. The number of benzene rings is 1. The molecule has 5 nitrogen and oxygen atoms in total. The first kappa shape index (κ1) is 19.7. The number of halogens is 2. The van der Waals surface area contributed by atoms with E-state index < -0.39 is 0 Å². The normalized spacial score (nSPS) is 9.87. The van der Waals surface area contributed by atoms with Gasteiger partial charge in [-0.3, -0.25) is 10.4 Å². The molecule has 1 aromatic carbocycles. The zero-order chi connectivity index (χ0) is 16.9. The minimum absolute atomic E-state index is 0.405. The van der Waals surface area contributed by atoms with Crippen LogP contribution in [0.4, 0.5) is 5.69 Å². The summed E-state index contributed by atoms with van der Waals surface area (Å²) in [7, 11) is 11.0. The van der Waals surface area contributed by atoms with Crippen LogP contribution in [0.25, 0.3) is 0 Å². The van der Waals surface area contributed by atoms with E-state index in [0.717, 1.165) is 30.3 Å². The van der Waals surface area contributed by atoms with E-state index in [1.165, 1.54) is 0 Å². The summed E-state index contributed by atoms with van der Waals surface area (Å²) in [5, 5.41) is 7.42. The summed E-state index contributed by atoms with van der Waals surface area (Å²) in [5.74, 6) is 0.794. The summed E-state index contributed by atoms with van der Waals surface area (Å²) >= 11 is 5.88. The van der Waals surface area contributed by atoms with E-state index in [9.17, 15) is 0 Å². The molecule has 127 valence electrons. The molecule has 2 rings (SSSR count). The molecule has 0 amide bonds. The van der Waals surface area contributed by atoms with Gasteiger partial charge >= 0.3 is 33.3 Å². The Bertz CT molecular complexity index is 614. The molecule has 2 N–H and O–H groups in total. The van der Waals surface area contributed by atoms with E-state index in [1.807, 2.05) is 42.5 Å². The number of pyridine rings is 1. The number of rotatable bonds is 4. The molecular weight excluding hydrogens is 407 g/mol. The molecule has 0 radical (unpaired) electrons. The Balaban J connectivity index is 0.000000816. The second-order valence-corrected chi connectivity index (χ2v) is 5.81. The molecule has 0 aliphatic carbocycles. The molecule has 9 heteroatoms. The third kappa shape index (κ3) is 8.73. The van der Waals surface area contributed by atoms with Gasteiger partial charge in [0, 0.05) is 11.9 Å². The van der Waals surface area contributed by atoms with Crippen LogP contribution in [0.5, 0.6) is 5.75 Å². The van der Waals surface area contributed by atoms with Crippen molar-refractivity contribution in [3.05, 3.63) is 54.4 Å². The van der Waals surface area contributed by atoms with Crippen LogP contribution in [0, 0.1) is 0 Å². The number of anilines is 1. The number of hydrazone groups is 1. The Morgan fingerprint density at radius 2 is 1.96 bits per heavy atom. The Morgan fingerprint density at radius 3 is 2.52 bits per heavy atom. The van der Waals surface area contributed by atoms with Crippen molar-refractivity contribution in [3.8, 4) is 5.75 Å². The van der Waals surface area contributed by atoms with Crippen LogP contribution in [0.2, 0.25) is 0 Å². The summed E-state index contributed by atoms with van der Waals surface area (Å²) in [6, 6.07) is 13.0. The molecule has 0 bridgehead atoms. The molecule has 0 aliphatic rings. The topological polar surface area (TPSA) is 58.5 Å². The van der Waals surface area contributed by atoms with Gasteiger partial charge in [-0.2, -0.15) is 5.10 Å². The summed E-state index contributed by atoms with van der Waals surface area (Å²) in [4.78, 5) is 4.11. The van der Waals surface area contributed by atoms with Crippen molar-refractivity contribution in [1.29, 1.82) is 0 Å². The SMILES string of the molecule is COc1ccc(NC(=S)NN=Cc2ccccn2)cc1.[Cl][Cu][Cl]. The third-order valence-corrected chi connectivity index (χ3v) is 2.59. The minimum atomic E-state index is 0.405. The second kappa shape index (κ2) is 12.1. The molecule has 0 spiro atoms. The molecule has 1 heterocycles. The summed E-state index contributed by atoms with van der Waals surface area (Å²) in [6.45, 7) is 0. The van der Waals surface area contributed by atoms with Crippen LogP contribution in [0.15, 0.2) is 53.8 Å². The van der Waals surface area contributed by atoms with Crippen molar-refractivity contribution in [2.45, 2.75) is 0 Å². The number of nitrogens with one attached hydrogen (secondary N) is 2. The second-order valence-electron chi connectivity index (χ2n) is 3.85. The van der Waals surface area contributed by atoms with Gasteiger partial charge in [-0.15, -0.1) is 0 Å². The molecule has 1 aromatic heterocycles. The van der Waals surface area contributed by atoms with Gasteiger partial charge in [0.2, 0.25) is 0 Å². The molecule has 0 fully saturated rings. The van der Waals surface area contributed by atoms with Crippen LogP contribution in [-0.4, -0.2) is 23.4 Å². The standard InChI is InChI=1S/C14H14N4OS.2ClH.Cu/c1-19-13-7-5-11(6-8-13)17-14(20)18-16-10-12-4-2-3-9-15-12;;;/h2-10H,1H3,(H2,17,18,20);2*1H;/q;;;+2/p-2. The van der Waals surface area contributed by atoms with Gasteiger partial charge in [-0.1, -0.05) is 6.07 Å². The number of hydrogen-bond acceptors (Lipinski definition) is 4. The van der Waals surface area contributed by atoms with Gasteiger partial charge in [0.1, 0.15) is 5.75 Å². The number of hydrogen-bond donors (Lipinski definition) is 2. The van der Waals surface area contributed by atoms with Crippen LogP contribution >= 0.6 is 32.4 Å². The van der Waals surface area contributed by atoms with E-state index in [1.54, 1.807) is 19.5 Å². The van der Waals surface area contributed by atoms with Crippen LogP contribution in [0.3, 0.4) is 0 Å². The molecule has 0 saturated heterocycles. The van der Waals surface area contributed by atoms with E-state index >= 15 is 0 Å². The van der Waals surface area contributed by atoms with Gasteiger partial charge in [-0.25, -0.2) is 0 Å². The predicted octanol–water partition coefficient (Wildman–Crippen LogP) is 3.79. The number of methoxy groups -OCH3 is 1. The summed E-state index contributed by atoms with van der Waals surface area (Å²) in [6.07, 6.45) is 3.30. The van der Waals surface area contributed by atoms with Crippen LogP contribution in [0.1, 0.15) is 5.69 Å². The Kier molecular flexibility index (Phi) is 10.4. The van der Waals surface area contributed by atoms with Crippen molar-refractivity contribution < 1.29 is 17.9 Å². The van der Waals surface area contributed by atoms with Crippen molar-refractivity contribution in [3.63, 3.8) is 0 Å². The Morgan fingerprint density at radius 1 is 1.26 bits per heavy atom. The van der Waals surface area contributed by atoms with Crippen molar-refractivity contribution in [2.24, 2.45) is 5.10 Å². The first-order valence-electron chi connectivity index (χ1n) is 6.16. The van der Waals surface area contributed by atoms with Gasteiger partial charge in [0.25, 0.3) is 0 Å². The molecule has 2 aromatic rings. The van der Waals surface area contributed by atoms with Crippen molar-refractivity contribution in [1.82, 2.24) is 10.4 Å². The van der Waals surface area contributed by atoms with Crippen LogP contribution in [-0.2, 0) is 13.1 Å². The quantitative estimate of drug-likeness (QED) is 0.341. The molecule has 0 unspecified atom stereocenters. The maximum absolute atomic E-state index is 5.13. The zero-order valence-corrected chi connectivity index (χ0v) is 15.2. The Hall–Kier alpha value is -1.37. The maximum atomic E-state index is 5.13. The summed E-state index contributed by atoms with van der Waals surface area (Å²) < 4.78 is 5.08.